The zero-order valence-corrected chi connectivity index (χ0v) is 22.1. The van der Waals surface area contributed by atoms with Crippen LogP contribution in [0.5, 0.6) is 5.75 Å². The maximum absolute atomic E-state index is 10.0. The van der Waals surface area contributed by atoms with Crippen LogP contribution in [0.1, 0.15) is 96.8 Å². The van der Waals surface area contributed by atoms with Gasteiger partial charge in [0.25, 0.3) is 0 Å². The molecule has 0 radical (unpaired) electrons. The van der Waals surface area contributed by atoms with E-state index in [1.54, 1.807) is 0 Å². The van der Waals surface area contributed by atoms with Gasteiger partial charge in [-0.15, -0.1) is 0 Å². The minimum absolute atomic E-state index is 0.547. The Morgan fingerprint density at radius 1 is 0.647 bits per heavy atom. The summed E-state index contributed by atoms with van der Waals surface area (Å²) in [6.07, 6.45) is 22.7. The van der Waals surface area contributed by atoms with E-state index in [4.69, 9.17) is 9.05 Å². The molecule has 4 heteroatoms. The smallest absolute Gasteiger partial charge is 0.394 e. The Bertz CT molecular complexity index is 745. The van der Waals surface area contributed by atoms with Gasteiger partial charge in [0.2, 0.25) is 0 Å². The lowest BCUT2D eigenvalue weighted by atomic mass is 10.1. The third kappa shape index (κ3) is 13.9. The third-order valence-electron chi connectivity index (χ3n) is 6.00. The van der Waals surface area contributed by atoms with Crippen molar-refractivity contribution in [1.82, 2.24) is 0 Å². The lowest BCUT2D eigenvalue weighted by Gasteiger charge is -2.12. The molecule has 0 aliphatic carbocycles. The second-order valence-electron chi connectivity index (χ2n) is 8.99. The fourth-order valence-corrected chi connectivity index (χ4v) is 4.59. The first-order valence-electron chi connectivity index (χ1n) is 13.4. The van der Waals surface area contributed by atoms with Crippen molar-refractivity contribution >= 4 is 8.60 Å². The van der Waals surface area contributed by atoms with Gasteiger partial charge in [0.05, 0.1) is 6.61 Å². The minimum atomic E-state index is -1.87. The van der Waals surface area contributed by atoms with Crippen LogP contribution in [0.25, 0.3) is 11.1 Å². The van der Waals surface area contributed by atoms with Crippen LogP contribution in [0.3, 0.4) is 0 Å². The normalized spacial score (nSPS) is 12.3. The molecule has 2 aromatic rings. The monoisotopic (exact) mass is 484 g/mol. The molecule has 0 heterocycles. The van der Waals surface area contributed by atoms with Gasteiger partial charge in [0.1, 0.15) is 5.75 Å². The van der Waals surface area contributed by atoms with Crippen molar-refractivity contribution in [3.05, 3.63) is 66.7 Å². The Morgan fingerprint density at radius 2 is 1.18 bits per heavy atom. The third-order valence-corrected chi connectivity index (χ3v) is 6.77. The van der Waals surface area contributed by atoms with E-state index < -0.39 is 8.60 Å². The Balaban J connectivity index is 1.39. The van der Waals surface area contributed by atoms with Gasteiger partial charge in [-0.3, -0.25) is 0 Å². The predicted molar refractivity (Wildman–Crippen MR) is 147 cm³/mol. The van der Waals surface area contributed by atoms with Gasteiger partial charge in [-0.1, -0.05) is 119 Å². The van der Waals surface area contributed by atoms with Crippen molar-refractivity contribution in [3.63, 3.8) is 0 Å². The van der Waals surface area contributed by atoms with E-state index >= 15 is 0 Å². The Hall–Kier alpha value is -1.67. The topological polar surface area (TPSA) is 38.7 Å². The highest BCUT2D eigenvalue weighted by molar-refractivity contribution is 7.41. The molecule has 3 nitrogen and oxygen atoms in total. The largest absolute Gasteiger partial charge is 0.427 e. The van der Waals surface area contributed by atoms with Crippen molar-refractivity contribution in [1.29, 1.82) is 0 Å². The zero-order chi connectivity index (χ0) is 24.1. The standard InChI is InChI=1S/C30H45O3P/c1-2-3-4-5-6-7-8-9-10-11-12-13-14-15-16-20-27-32-34(31)33-30-25-23-29(24-26-30)28-21-18-17-19-22-28/h9-10,17-19,21-26,31H,2-8,11-16,20,27H2,1H3/b10-9-. The highest BCUT2D eigenvalue weighted by Gasteiger charge is 2.09. The molecule has 0 saturated heterocycles. The van der Waals surface area contributed by atoms with Crippen LogP contribution in [0.15, 0.2) is 66.7 Å². The average molecular weight is 485 g/mol. The van der Waals surface area contributed by atoms with E-state index in [0.717, 1.165) is 24.0 Å². The number of benzene rings is 2. The average Bonchev–Trinajstić information content (AvgIpc) is 2.87. The first kappa shape index (κ1) is 28.6. The summed E-state index contributed by atoms with van der Waals surface area (Å²) in [6.45, 7) is 2.82. The molecule has 0 fully saturated rings. The van der Waals surface area contributed by atoms with Crippen LogP contribution in [0.2, 0.25) is 0 Å². The van der Waals surface area contributed by atoms with Crippen molar-refractivity contribution in [2.75, 3.05) is 6.61 Å². The van der Waals surface area contributed by atoms with E-state index in [1.165, 1.54) is 77.0 Å². The summed E-state index contributed by atoms with van der Waals surface area (Å²) in [7, 11) is -1.87. The fourth-order valence-electron chi connectivity index (χ4n) is 3.95. The molecule has 1 unspecified atom stereocenters. The lowest BCUT2D eigenvalue weighted by molar-refractivity contribution is 0.253. The fraction of sp³-hybridized carbons (Fsp3) is 0.533. The molecule has 188 valence electrons. The maximum atomic E-state index is 10.0. The SMILES string of the molecule is CCCCCCCC/C=C\CCCCCCCCOP(O)Oc1ccc(-c2ccccc2)cc1. The first-order chi connectivity index (χ1) is 16.8. The van der Waals surface area contributed by atoms with Gasteiger partial charge in [0, 0.05) is 0 Å². The number of hydrogen-bond donors (Lipinski definition) is 1. The zero-order valence-electron chi connectivity index (χ0n) is 21.2. The molecule has 0 aromatic heterocycles. The van der Waals surface area contributed by atoms with Crippen LogP contribution in [0.4, 0.5) is 0 Å². The van der Waals surface area contributed by atoms with Crippen LogP contribution in [-0.2, 0) is 4.52 Å². The Labute approximate surface area is 209 Å². The second kappa shape index (κ2) is 19.6. The van der Waals surface area contributed by atoms with Gasteiger partial charge < -0.3 is 13.9 Å². The molecule has 0 spiro atoms. The molecular weight excluding hydrogens is 439 g/mol. The number of rotatable bonds is 20. The summed E-state index contributed by atoms with van der Waals surface area (Å²) < 4.78 is 11.0. The minimum Gasteiger partial charge on any atom is -0.427 e. The molecule has 34 heavy (non-hydrogen) atoms. The van der Waals surface area contributed by atoms with Gasteiger partial charge in [-0.25, -0.2) is 0 Å². The molecule has 1 N–H and O–H groups in total. The molecule has 2 aromatic carbocycles. The maximum Gasteiger partial charge on any atom is 0.394 e. The van der Waals surface area contributed by atoms with Crippen molar-refractivity contribution in [2.24, 2.45) is 0 Å². The summed E-state index contributed by atoms with van der Waals surface area (Å²) in [4.78, 5) is 10.0. The number of allylic oxidation sites excluding steroid dienone is 2. The van der Waals surface area contributed by atoms with Crippen molar-refractivity contribution < 1.29 is 13.9 Å². The molecule has 1 atom stereocenters. The van der Waals surface area contributed by atoms with Crippen LogP contribution >= 0.6 is 8.60 Å². The molecule has 0 bridgehead atoms. The summed E-state index contributed by atoms with van der Waals surface area (Å²) in [5.74, 6) is 0.634. The van der Waals surface area contributed by atoms with Gasteiger partial charge in [0.15, 0.2) is 0 Å². The van der Waals surface area contributed by atoms with E-state index in [0.29, 0.717) is 12.4 Å². The molecular formula is C30H45O3P. The van der Waals surface area contributed by atoms with Crippen molar-refractivity contribution in [3.8, 4) is 16.9 Å². The summed E-state index contributed by atoms with van der Waals surface area (Å²) in [6, 6.07) is 18.0. The van der Waals surface area contributed by atoms with Gasteiger partial charge in [-0.2, -0.15) is 0 Å². The molecule has 0 aliphatic rings. The highest BCUT2D eigenvalue weighted by atomic mass is 31.2. The summed E-state index contributed by atoms with van der Waals surface area (Å²) >= 11 is 0. The van der Waals surface area contributed by atoms with Gasteiger partial charge >= 0.3 is 8.60 Å². The first-order valence-corrected chi connectivity index (χ1v) is 14.5. The lowest BCUT2D eigenvalue weighted by Crippen LogP contribution is -1.95. The Morgan fingerprint density at radius 3 is 1.79 bits per heavy atom. The molecule has 0 amide bonds. The number of unbranched alkanes of at least 4 members (excludes halogenated alkanes) is 12. The van der Waals surface area contributed by atoms with E-state index in [2.05, 4.69) is 31.2 Å². The van der Waals surface area contributed by atoms with Gasteiger partial charge in [-0.05, 0) is 55.4 Å². The van der Waals surface area contributed by atoms with E-state index in [9.17, 15) is 4.89 Å². The highest BCUT2D eigenvalue weighted by Crippen LogP contribution is 2.35. The molecule has 0 saturated carbocycles. The number of hydrogen-bond acceptors (Lipinski definition) is 3. The predicted octanol–water partition coefficient (Wildman–Crippen LogP) is 10.0. The Kier molecular flexibility index (Phi) is 16.5. The summed E-state index contributed by atoms with van der Waals surface area (Å²) in [5, 5.41) is 0. The second-order valence-corrected chi connectivity index (χ2v) is 9.91. The van der Waals surface area contributed by atoms with Crippen LogP contribution in [-0.4, -0.2) is 11.5 Å². The van der Waals surface area contributed by atoms with Crippen LogP contribution < -0.4 is 4.52 Å². The molecule has 2 rings (SSSR count). The van der Waals surface area contributed by atoms with E-state index in [1.807, 2.05) is 42.5 Å². The summed E-state index contributed by atoms with van der Waals surface area (Å²) in [5.41, 5.74) is 2.29. The molecule has 0 aliphatic heterocycles. The van der Waals surface area contributed by atoms with Crippen LogP contribution in [0, 0.1) is 0 Å². The van der Waals surface area contributed by atoms with E-state index in [-0.39, 0.29) is 0 Å². The van der Waals surface area contributed by atoms with Crippen molar-refractivity contribution in [2.45, 2.75) is 96.8 Å². The quantitative estimate of drug-likeness (QED) is 0.115.